The Morgan fingerprint density at radius 3 is 2.82 bits per heavy atom. The summed E-state index contributed by atoms with van der Waals surface area (Å²) in [5, 5.41) is 3.97. The molecule has 1 N–H and O–H groups in total. The van der Waals surface area contributed by atoms with E-state index in [0.717, 1.165) is 32.8 Å². The number of benzene rings is 1. The van der Waals surface area contributed by atoms with Crippen molar-refractivity contribution in [1.29, 1.82) is 0 Å². The van der Waals surface area contributed by atoms with Crippen molar-refractivity contribution in [3.05, 3.63) is 46.5 Å². The number of hydrogen-bond donors (Lipinski definition) is 1. The van der Waals surface area contributed by atoms with Crippen molar-refractivity contribution in [2.45, 2.75) is 0 Å². The summed E-state index contributed by atoms with van der Waals surface area (Å²) < 4.78 is 10.4. The van der Waals surface area contributed by atoms with Gasteiger partial charge >= 0.3 is 5.63 Å². The van der Waals surface area contributed by atoms with Gasteiger partial charge in [-0.2, -0.15) is 0 Å². The quantitative estimate of drug-likeness (QED) is 0.907. The van der Waals surface area contributed by atoms with Crippen LogP contribution in [0.15, 0.2) is 39.5 Å². The third-order valence-corrected chi connectivity index (χ3v) is 3.71. The van der Waals surface area contributed by atoms with E-state index < -0.39 is 5.63 Å². The normalized spacial score (nSPS) is 15.8. The minimum absolute atomic E-state index is 0.0469. The van der Waals surface area contributed by atoms with Gasteiger partial charge in [0, 0.05) is 26.2 Å². The van der Waals surface area contributed by atoms with Crippen LogP contribution in [0.4, 0.5) is 0 Å². The third-order valence-electron chi connectivity index (χ3n) is 3.71. The molecule has 1 saturated heterocycles. The molecule has 1 aliphatic rings. The molecule has 116 valence electrons. The summed E-state index contributed by atoms with van der Waals surface area (Å²) in [6, 6.07) is 8.65. The third kappa shape index (κ3) is 3.35. The van der Waals surface area contributed by atoms with E-state index in [2.05, 4.69) is 10.2 Å². The van der Waals surface area contributed by atoms with Crippen LogP contribution < -0.4 is 10.9 Å². The molecular weight excluding hydrogens is 284 g/mol. The summed E-state index contributed by atoms with van der Waals surface area (Å²) in [6.07, 6.45) is 0. The lowest BCUT2D eigenvalue weighted by molar-refractivity contribution is 0.0382. The van der Waals surface area contributed by atoms with Gasteiger partial charge in [-0.05, 0) is 17.5 Å². The predicted octanol–water partition coefficient (Wildman–Crippen LogP) is 0.855. The molecule has 1 aromatic carbocycles. The SMILES string of the molecule is O=C(NCCN1CCOCC1)c1cc2ccccc2c(=O)o1. The largest absolute Gasteiger partial charge is 0.417 e. The zero-order valence-electron chi connectivity index (χ0n) is 12.2. The summed E-state index contributed by atoms with van der Waals surface area (Å²) in [4.78, 5) is 26.2. The van der Waals surface area contributed by atoms with E-state index in [4.69, 9.17) is 9.15 Å². The van der Waals surface area contributed by atoms with Crippen LogP contribution in [0, 0.1) is 0 Å². The lowest BCUT2D eigenvalue weighted by Crippen LogP contribution is -2.41. The van der Waals surface area contributed by atoms with Gasteiger partial charge in [0.05, 0.1) is 18.6 Å². The van der Waals surface area contributed by atoms with Crippen LogP contribution in [0.1, 0.15) is 10.6 Å². The van der Waals surface area contributed by atoms with Crippen molar-refractivity contribution in [1.82, 2.24) is 10.2 Å². The number of morpholine rings is 1. The highest BCUT2D eigenvalue weighted by atomic mass is 16.5. The second-order valence-corrected chi connectivity index (χ2v) is 5.20. The van der Waals surface area contributed by atoms with Crippen LogP contribution >= 0.6 is 0 Å². The Morgan fingerprint density at radius 1 is 1.23 bits per heavy atom. The van der Waals surface area contributed by atoms with Gasteiger partial charge in [0.2, 0.25) is 0 Å². The van der Waals surface area contributed by atoms with Crippen LogP contribution in [0.5, 0.6) is 0 Å². The number of nitrogens with one attached hydrogen (secondary N) is 1. The van der Waals surface area contributed by atoms with Crippen LogP contribution in [0.2, 0.25) is 0 Å². The first-order chi connectivity index (χ1) is 10.7. The average molecular weight is 302 g/mol. The highest BCUT2D eigenvalue weighted by Crippen LogP contribution is 2.11. The van der Waals surface area contributed by atoms with Gasteiger partial charge in [0.25, 0.3) is 5.91 Å². The maximum absolute atomic E-state index is 12.1. The van der Waals surface area contributed by atoms with Gasteiger partial charge in [-0.1, -0.05) is 18.2 Å². The van der Waals surface area contributed by atoms with Gasteiger partial charge < -0.3 is 14.5 Å². The van der Waals surface area contributed by atoms with Gasteiger partial charge in [0.1, 0.15) is 0 Å². The molecule has 22 heavy (non-hydrogen) atoms. The minimum Gasteiger partial charge on any atom is -0.417 e. The van der Waals surface area contributed by atoms with Crippen molar-refractivity contribution in [2.24, 2.45) is 0 Å². The standard InChI is InChI=1S/C16H18N2O4/c19-15(17-5-6-18-7-9-21-10-8-18)14-11-12-3-1-2-4-13(12)16(20)22-14/h1-4,11H,5-10H2,(H,17,19). The fraction of sp³-hybridized carbons (Fsp3) is 0.375. The lowest BCUT2D eigenvalue weighted by Gasteiger charge is -2.26. The van der Waals surface area contributed by atoms with Gasteiger partial charge in [-0.3, -0.25) is 9.69 Å². The van der Waals surface area contributed by atoms with E-state index in [9.17, 15) is 9.59 Å². The van der Waals surface area contributed by atoms with E-state index in [1.807, 2.05) is 6.07 Å². The molecule has 0 unspecified atom stereocenters. The van der Waals surface area contributed by atoms with Gasteiger partial charge in [-0.25, -0.2) is 4.79 Å². The Balaban J connectivity index is 1.63. The van der Waals surface area contributed by atoms with Crippen LogP contribution in [0.3, 0.4) is 0 Å². The van der Waals surface area contributed by atoms with E-state index in [-0.39, 0.29) is 11.7 Å². The molecule has 0 aliphatic carbocycles. The molecule has 0 radical (unpaired) electrons. The van der Waals surface area contributed by atoms with Crippen molar-refractivity contribution >= 4 is 16.7 Å². The van der Waals surface area contributed by atoms with Crippen molar-refractivity contribution in [3.8, 4) is 0 Å². The summed E-state index contributed by atoms with van der Waals surface area (Å²) in [5.74, 6) is -0.318. The van der Waals surface area contributed by atoms with Crippen molar-refractivity contribution in [2.75, 3.05) is 39.4 Å². The highest BCUT2D eigenvalue weighted by Gasteiger charge is 2.13. The number of fused-ring (bicyclic) bond motifs is 1. The first-order valence-electron chi connectivity index (χ1n) is 7.35. The Bertz CT molecular complexity index is 719. The van der Waals surface area contributed by atoms with E-state index in [1.54, 1.807) is 24.3 Å². The Kier molecular flexibility index (Phi) is 4.50. The molecule has 2 aromatic rings. The van der Waals surface area contributed by atoms with Gasteiger partial charge in [-0.15, -0.1) is 0 Å². The van der Waals surface area contributed by atoms with E-state index >= 15 is 0 Å². The topological polar surface area (TPSA) is 71.8 Å². The zero-order chi connectivity index (χ0) is 15.4. The number of carbonyl (C=O) groups is 1. The molecule has 0 bridgehead atoms. The van der Waals surface area contributed by atoms with Crippen LogP contribution in [0.25, 0.3) is 10.8 Å². The number of hydrogen-bond acceptors (Lipinski definition) is 5. The molecule has 1 fully saturated rings. The summed E-state index contributed by atoms with van der Waals surface area (Å²) in [6.45, 7) is 4.48. The summed E-state index contributed by atoms with van der Waals surface area (Å²) in [7, 11) is 0. The Hall–Kier alpha value is -2.18. The summed E-state index contributed by atoms with van der Waals surface area (Å²) >= 11 is 0. The molecule has 0 spiro atoms. The van der Waals surface area contributed by atoms with Crippen molar-refractivity contribution < 1.29 is 13.9 Å². The fourth-order valence-corrected chi connectivity index (χ4v) is 2.49. The highest BCUT2D eigenvalue weighted by molar-refractivity contribution is 5.95. The Labute approximate surface area is 127 Å². The molecule has 0 atom stereocenters. The molecule has 1 amide bonds. The predicted molar refractivity (Wildman–Crippen MR) is 82.1 cm³/mol. The molecule has 1 aromatic heterocycles. The lowest BCUT2D eigenvalue weighted by atomic mass is 10.1. The number of nitrogens with zero attached hydrogens (tertiary/aromatic N) is 1. The van der Waals surface area contributed by atoms with Crippen LogP contribution in [-0.4, -0.2) is 50.2 Å². The number of rotatable bonds is 4. The number of ether oxygens (including phenoxy) is 1. The maximum atomic E-state index is 12.1. The minimum atomic E-state index is -0.489. The molecule has 6 nitrogen and oxygen atoms in total. The van der Waals surface area contributed by atoms with Gasteiger partial charge in [0.15, 0.2) is 5.76 Å². The van der Waals surface area contributed by atoms with E-state index in [0.29, 0.717) is 17.3 Å². The zero-order valence-corrected chi connectivity index (χ0v) is 12.2. The number of carbonyl (C=O) groups excluding carboxylic acids is 1. The first-order valence-corrected chi connectivity index (χ1v) is 7.35. The van der Waals surface area contributed by atoms with Crippen molar-refractivity contribution in [3.63, 3.8) is 0 Å². The monoisotopic (exact) mass is 302 g/mol. The molecule has 3 rings (SSSR count). The van der Waals surface area contributed by atoms with Crippen LogP contribution in [-0.2, 0) is 4.74 Å². The molecule has 6 heteroatoms. The average Bonchev–Trinajstić information content (AvgIpc) is 2.56. The molecular formula is C16H18N2O4. The number of amides is 1. The summed E-state index contributed by atoms with van der Waals surface area (Å²) in [5.41, 5.74) is -0.489. The second-order valence-electron chi connectivity index (χ2n) is 5.20. The second kappa shape index (κ2) is 6.72. The molecule has 1 aliphatic heterocycles. The molecule has 0 saturated carbocycles. The van der Waals surface area contributed by atoms with E-state index in [1.165, 1.54) is 0 Å². The Morgan fingerprint density at radius 2 is 2.00 bits per heavy atom. The fourth-order valence-electron chi connectivity index (χ4n) is 2.49. The first kappa shape index (κ1) is 14.7. The smallest absolute Gasteiger partial charge is 0.344 e. The maximum Gasteiger partial charge on any atom is 0.344 e. The molecule has 2 heterocycles.